The van der Waals surface area contributed by atoms with Gasteiger partial charge in [0, 0.05) is 22.3 Å². The van der Waals surface area contributed by atoms with Crippen LogP contribution in [0.25, 0.3) is 43.4 Å². The maximum atomic E-state index is 11.6. The van der Waals surface area contributed by atoms with Crippen molar-refractivity contribution in [1.29, 1.82) is 5.26 Å². The summed E-state index contributed by atoms with van der Waals surface area (Å²) < 4.78 is 31.0. The number of carbonyl (C=O) groups is 2. The number of ketones is 2. The first kappa shape index (κ1) is 46.6. The number of methoxy groups -OCH3 is 4. The van der Waals surface area contributed by atoms with Crippen LogP contribution in [0.2, 0.25) is 0 Å². The molecular weight excluding hydrogens is 858 g/mol. The Hall–Kier alpha value is -8.13. The van der Waals surface area contributed by atoms with E-state index in [1.165, 1.54) is 6.33 Å². The predicted molar refractivity (Wildman–Crippen MR) is 239 cm³/mol. The average molecular weight is 899 g/mol. The van der Waals surface area contributed by atoms with Crippen LogP contribution in [0, 0.1) is 24.5 Å². The molecule has 0 bridgehead atoms. The summed E-state index contributed by atoms with van der Waals surface area (Å²) >= 11 is 3.11. The molecule has 4 aromatic carbocycles. The van der Waals surface area contributed by atoms with Crippen molar-refractivity contribution in [2.24, 2.45) is 0 Å². The van der Waals surface area contributed by atoms with E-state index in [9.17, 15) is 9.59 Å². The second-order valence-electron chi connectivity index (χ2n) is 12.4. The van der Waals surface area contributed by atoms with Crippen LogP contribution in [0.15, 0.2) is 124 Å². The summed E-state index contributed by atoms with van der Waals surface area (Å²) in [7, 11) is 6.38. The standard InChI is InChI=1S/C13H11N3O2.2C12H10N2O2.C9H9BrO2/c1-17-9-4-2-8(3-5-9)11-6-10-12(14)15-7-16-13(10)18-11;1-14-10-7-11(16-12(10)13)8-3-5-9(15-2)6-4-8;1-14-10(8-13)7-12(15)9-3-5-11(16-2)6-4-9;1-12-8-4-2-7(3-5-8)9(11)6-10/h2-7H,1H3,(H2,14,15,16);3-7H,13H2,2H3;3-6,10H,7H2,2H3;2-5H,6H2,1H3. The molecule has 16 heteroatoms. The first-order valence-corrected chi connectivity index (χ1v) is 19.4. The summed E-state index contributed by atoms with van der Waals surface area (Å²) in [5.41, 5.74) is 15.1. The van der Waals surface area contributed by atoms with Crippen LogP contribution in [-0.2, 0) is 0 Å². The number of aromatic nitrogens is 2. The van der Waals surface area contributed by atoms with Gasteiger partial charge in [0.2, 0.25) is 11.4 Å². The summed E-state index contributed by atoms with van der Waals surface area (Å²) in [5.74, 6) is 4.75. The largest absolute Gasteiger partial charge is 0.497 e. The zero-order chi connectivity index (χ0) is 45.0. The third-order valence-corrected chi connectivity index (χ3v) is 9.11. The Morgan fingerprint density at radius 1 is 0.710 bits per heavy atom. The number of benzene rings is 4. The average Bonchev–Trinajstić information content (AvgIpc) is 3.95. The molecule has 3 heterocycles. The molecule has 0 saturated carbocycles. The number of rotatable bonds is 11. The van der Waals surface area contributed by atoms with E-state index in [0.717, 1.165) is 33.8 Å². The topological polar surface area (TPSA) is 208 Å². The molecule has 15 nitrogen and oxygen atoms in total. The Kier molecular flexibility index (Phi) is 17.6. The number of furan rings is 2. The number of nitrogen functional groups attached to an aromatic ring is 2. The first-order chi connectivity index (χ1) is 30.0. The number of hydrogen-bond acceptors (Lipinski definition) is 13. The minimum atomic E-state index is -0.894. The second kappa shape index (κ2) is 23.5. The summed E-state index contributed by atoms with van der Waals surface area (Å²) in [6, 6.07) is 32.9. The lowest BCUT2D eigenvalue weighted by atomic mass is 10.0. The highest BCUT2D eigenvalue weighted by atomic mass is 79.9. The van der Waals surface area contributed by atoms with E-state index in [1.807, 2.05) is 54.6 Å². The molecule has 0 aliphatic rings. The van der Waals surface area contributed by atoms with Gasteiger partial charge >= 0.3 is 6.04 Å². The Morgan fingerprint density at radius 3 is 1.55 bits per heavy atom. The van der Waals surface area contributed by atoms with Gasteiger partial charge in [-0.05, 0) is 109 Å². The molecule has 1 unspecified atom stereocenters. The lowest BCUT2D eigenvalue weighted by molar-refractivity contribution is 0.0981. The lowest BCUT2D eigenvalue weighted by Crippen LogP contribution is -2.08. The van der Waals surface area contributed by atoms with Crippen molar-refractivity contribution in [1.82, 2.24) is 9.97 Å². The molecule has 7 rings (SSSR count). The maximum Gasteiger partial charge on any atom is 0.314 e. The van der Waals surface area contributed by atoms with Gasteiger partial charge in [0.25, 0.3) is 0 Å². The molecule has 0 amide bonds. The van der Waals surface area contributed by atoms with Crippen molar-refractivity contribution in [3.05, 3.63) is 149 Å². The lowest BCUT2D eigenvalue weighted by Gasteiger charge is -2.01. The Labute approximate surface area is 366 Å². The maximum absolute atomic E-state index is 11.6. The fourth-order valence-corrected chi connectivity index (χ4v) is 5.52. The number of fused-ring (bicyclic) bond motifs is 1. The number of carbonyl (C=O) groups excluding carboxylic acids is 2. The second-order valence-corrected chi connectivity index (χ2v) is 13.0. The number of Topliss-reactive ketones (excluding diaryl/α,β-unsaturated/α-hetero) is 2. The molecule has 314 valence electrons. The quantitative estimate of drug-likeness (QED) is 0.0705. The fourth-order valence-electron chi connectivity index (χ4n) is 5.20. The molecular formula is C46H40BrN7O8. The minimum Gasteiger partial charge on any atom is -0.497 e. The molecule has 0 aliphatic heterocycles. The molecule has 62 heavy (non-hydrogen) atoms. The first-order valence-electron chi connectivity index (χ1n) is 18.2. The van der Waals surface area contributed by atoms with Crippen LogP contribution in [0.3, 0.4) is 0 Å². The Balaban J connectivity index is 0.000000184. The van der Waals surface area contributed by atoms with Crippen molar-refractivity contribution in [3.8, 4) is 51.7 Å². The van der Waals surface area contributed by atoms with Gasteiger partial charge in [0.05, 0.1) is 45.7 Å². The molecule has 0 fully saturated rings. The van der Waals surface area contributed by atoms with Crippen molar-refractivity contribution in [2.75, 3.05) is 45.2 Å². The van der Waals surface area contributed by atoms with Gasteiger partial charge < -0.3 is 39.2 Å². The molecule has 1 atom stereocenters. The highest BCUT2D eigenvalue weighted by molar-refractivity contribution is 9.09. The summed E-state index contributed by atoms with van der Waals surface area (Å²) in [6.07, 6.45) is 1.32. The van der Waals surface area contributed by atoms with Crippen LogP contribution in [0.1, 0.15) is 27.1 Å². The van der Waals surface area contributed by atoms with Gasteiger partial charge in [-0.15, -0.1) is 0 Å². The molecule has 0 spiro atoms. The van der Waals surface area contributed by atoms with Gasteiger partial charge in [0.15, 0.2) is 23.5 Å². The summed E-state index contributed by atoms with van der Waals surface area (Å²) in [5, 5.41) is 9.65. The fraction of sp³-hybridized carbons (Fsp3) is 0.152. The molecule has 0 aliphatic carbocycles. The smallest absolute Gasteiger partial charge is 0.314 e. The summed E-state index contributed by atoms with van der Waals surface area (Å²) in [6.45, 7) is 13.6. The molecule has 4 N–H and O–H groups in total. The van der Waals surface area contributed by atoms with Gasteiger partial charge in [-0.2, -0.15) is 5.26 Å². The van der Waals surface area contributed by atoms with E-state index in [0.29, 0.717) is 50.9 Å². The highest BCUT2D eigenvalue weighted by Gasteiger charge is 2.18. The molecule has 0 saturated heterocycles. The Bertz CT molecular complexity index is 2660. The van der Waals surface area contributed by atoms with Crippen LogP contribution >= 0.6 is 15.9 Å². The third kappa shape index (κ3) is 12.9. The van der Waals surface area contributed by atoms with E-state index in [4.69, 9.17) is 57.7 Å². The SMILES string of the molecule is COc1ccc(-c2cc3c(N)ncnc3o2)cc1.COc1ccc(C(=O)CBr)cc1.[C-]#[N+]C(C#N)CC(=O)c1ccc(OC)cc1.[C-]#[N+]c1cc(-c2ccc(OC)cc2)oc1N. The number of hydrogen-bond donors (Lipinski definition) is 2. The predicted octanol–water partition coefficient (Wildman–Crippen LogP) is 9.92. The van der Waals surface area contributed by atoms with Gasteiger partial charge in [0.1, 0.15) is 53.1 Å². The normalized spacial score (nSPS) is 10.3. The van der Waals surface area contributed by atoms with Crippen molar-refractivity contribution in [3.63, 3.8) is 0 Å². The van der Waals surface area contributed by atoms with E-state index >= 15 is 0 Å². The van der Waals surface area contributed by atoms with E-state index < -0.39 is 6.04 Å². The number of nitriles is 1. The van der Waals surface area contributed by atoms with Crippen molar-refractivity contribution >= 4 is 56.0 Å². The molecule has 3 aromatic heterocycles. The highest BCUT2D eigenvalue weighted by Crippen LogP contribution is 2.34. The van der Waals surface area contributed by atoms with Gasteiger partial charge in [-0.25, -0.2) is 21.4 Å². The number of nitrogens with zero attached hydrogens (tertiary/aromatic N) is 5. The third-order valence-electron chi connectivity index (χ3n) is 8.60. The van der Waals surface area contributed by atoms with Crippen LogP contribution in [0.4, 0.5) is 17.4 Å². The number of ether oxygens (including phenoxy) is 4. The van der Waals surface area contributed by atoms with Crippen LogP contribution in [-0.4, -0.2) is 61.3 Å². The van der Waals surface area contributed by atoms with Crippen molar-refractivity contribution < 1.29 is 37.4 Å². The van der Waals surface area contributed by atoms with Crippen molar-refractivity contribution in [2.45, 2.75) is 12.5 Å². The Morgan fingerprint density at radius 2 is 1.16 bits per heavy atom. The zero-order valence-electron chi connectivity index (χ0n) is 34.0. The van der Waals surface area contributed by atoms with Crippen LogP contribution in [0.5, 0.6) is 23.0 Å². The number of nitrogens with two attached hydrogens (primary N) is 2. The van der Waals surface area contributed by atoms with E-state index in [2.05, 4.69) is 35.6 Å². The van der Waals surface area contributed by atoms with Gasteiger partial charge in [-0.3, -0.25) is 14.4 Å². The number of halogens is 1. The van der Waals surface area contributed by atoms with E-state index in [-0.39, 0.29) is 23.9 Å². The monoisotopic (exact) mass is 897 g/mol. The van der Waals surface area contributed by atoms with E-state index in [1.54, 1.807) is 89.1 Å². The number of alkyl halides is 1. The molecule has 0 radical (unpaired) electrons. The number of anilines is 2. The molecule has 7 aromatic rings. The van der Waals surface area contributed by atoms with Gasteiger partial charge in [-0.1, -0.05) is 15.9 Å². The van der Waals surface area contributed by atoms with Crippen LogP contribution < -0.4 is 30.4 Å². The summed E-state index contributed by atoms with van der Waals surface area (Å²) in [4.78, 5) is 37.0. The minimum absolute atomic E-state index is 0.0632. The zero-order valence-corrected chi connectivity index (χ0v) is 35.6.